The molecule has 146 valence electrons. The Morgan fingerprint density at radius 3 is 2.48 bits per heavy atom. The number of amides is 1. The lowest BCUT2D eigenvalue weighted by Gasteiger charge is -2.59. The molecule has 5 rings (SSSR count). The van der Waals surface area contributed by atoms with E-state index in [1.807, 2.05) is 6.07 Å². The van der Waals surface area contributed by atoms with Crippen LogP contribution in [0.25, 0.3) is 0 Å². The van der Waals surface area contributed by atoms with Gasteiger partial charge in [0.2, 0.25) is 5.91 Å². The van der Waals surface area contributed by atoms with Crippen LogP contribution in [0.4, 0.5) is 0 Å². The zero-order chi connectivity index (χ0) is 19.2. The third-order valence-electron chi connectivity index (χ3n) is 6.63. The van der Waals surface area contributed by atoms with E-state index in [4.69, 9.17) is 9.47 Å². The van der Waals surface area contributed by atoms with Crippen LogP contribution < -0.4 is 10.1 Å². The second kappa shape index (κ2) is 6.51. The molecule has 4 aliphatic carbocycles. The van der Waals surface area contributed by atoms with Crippen LogP contribution in [0.15, 0.2) is 18.2 Å². The average molecular weight is 373 g/mol. The van der Waals surface area contributed by atoms with Crippen LogP contribution in [-0.4, -0.2) is 36.8 Å². The third kappa shape index (κ3) is 3.20. The molecular formula is C21H27NO5. The van der Waals surface area contributed by atoms with Gasteiger partial charge in [-0.25, -0.2) is 4.79 Å². The molecule has 6 heteroatoms. The number of nitrogens with one attached hydrogen (secondary N) is 1. The van der Waals surface area contributed by atoms with Gasteiger partial charge < -0.3 is 19.9 Å². The summed E-state index contributed by atoms with van der Waals surface area (Å²) in [6, 6.07) is 5.23. The SMILES string of the molecule is COC(=O)c1cc(CNC(=O)C23C[C@@H]4C[C@@H](CC(O)(C4)C2)C3)ccc1OC. The molecule has 0 aliphatic heterocycles. The Labute approximate surface area is 159 Å². The molecule has 1 aromatic rings. The lowest BCUT2D eigenvalue weighted by atomic mass is 9.47. The fourth-order valence-corrected chi connectivity index (χ4v) is 5.98. The van der Waals surface area contributed by atoms with Crippen molar-refractivity contribution >= 4 is 11.9 Å². The molecule has 4 fully saturated rings. The molecule has 4 saturated carbocycles. The molecule has 2 N–H and O–H groups in total. The number of carbonyl (C=O) groups excluding carboxylic acids is 2. The average Bonchev–Trinajstić information content (AvgIpc) is 2.63. The summed E-state index contributed by atoms with van der Waals surface area (Å²) in [5.41, 5.74) is 0.0691. The van der Waals surface area contributed by atoms with Crippen LogP contribution in [0.2, 0.25) is 0 Å². The maximum atomic E-state index is 13.1. The maximum absolute atomic E-state index is 13.1. The summed E-state index contributed by atoms with van der Waals surface area (Å²) >= 11 is 0. The van der Waals surface area contributed by atoms with Crippen molar-refractivity contribution in [3.05, 3.63) is 29.3 Å². The zero-order valence-corrected chi connectivity index (χ0v) is 15.9. The van der Waals surface area contributed by atoms with E-state index in [0.717, 1.165) is 37.7 Å². The second-order valence-electron chi connectivity index (χ2n) is 8.67. The van der Waals surface area contributed by atoms with Gasteiger partial charge >= 0.3 is 5.97 Å². The number of rotatable bonds is 5. The Morgan fingerprint density at radius 2 is 1.89 bits per heavy atom. The zero-order valence-electron chi connectivity index (χ0n) is 15.9. The third-order valence-corrected chi connectivity index (χ3v) is 6.63. The van der Waals surface area contributed by atoms with Crippen molar-refractivity contribution in [2.45, 2.75) is 50.7 Å². The van der Waals surface area contributed by atoms with Crippen molar-refractivity contribution in [1.29, 1.82) is 0 Å². The van der Waals surface area contributed by atoms with E-state index in [2.05, 4.69) is 5.32 Å². The summed E-state index contributed by atoms with van der Waals surface area (Å²) in [7, 11) is 2.83. The number of methoxy groups -OCH3 is 2. The number of esters is 1. The standard InChI is InChI=1S/C21H27NO5/c1-26-17-4-3-13(6-16(17)18(23)27-2)11-22-19(24)20-7-14-5-15(8-20)10-21(25,9-14)12-20/h3-4,6,14-15,25H,5,7-12H2,1-2H3,(H,22,24)/t14-,15+,20?,21?. The monoisotopic (exact) mass is 373 g/mol. The lowest BCUT2D eigenvalue weighted by molar-refractivity contribution is -0.178. The highest BCUT2D eigenvalue weighted by Gasteiger charge is 2.60. The summed E-state index contributed by atoms with van der Waals surface area (Å²) in [6.07, 6.45) is 5.19. The number of hydrogen-bond donors (Lipinski definition) is 2. The molecule has 4 bridgehead atoms. The van der Waals surface area contributed by atoms with Crippen LogP contribution in [0.1, 0.15) is 54.4 Å². The molecule has 2 unspecified atom stereocenters. The van der Waals surface area contributed by atoms with Gasteiger partial charge in [0.05, 0.1) is 25.2 Å². The molecule has 4 atom stereocenters. The Bertz CT molecular complexity index is 760. The van der Waals surface area contributed by atoms with Crippen LogP contribution in [-0.2, 0) is 16.1 Å². The number of aliphatic hydroxyl groups is 1. The van der Waals surface area contributed by atoms with Crippen LogP contribution in [0.5, 0.6) is 5.75 Å². The van der Waals surface area contributed by atoms with Crippen molar-refractivity contribution in [2.24, 2.45) is 17.3 Å². The van der Waals surface area contributed by atoms with E-state index in [-0.39, 0.29) is 5.91 Å². The predicted octanol–water partition coefficient (Wildman–Crippen LogP) is 2.43. The first-order valence-electron chi connectivity index (χ1n) is 9.62. The van der Waals surface area contributed by atoms with E-state index < -0.39 is 17.0 Å². The first-order chi connectivity index (χ1) is 12.9. The van der Waals surface area contributed by atoms with Crippen molar-refractivity contribution in [3.8, 4) is 5.75 Å². The Morgan fingerprint density at radius 1 is 1.19 bits per heavy atom. The largest absolute Gasteiger partial charge is 0.496 e. The highest BCUT2D eigenvalue weighted by molar-refractivity contribution is 5.92. The highest BCUT2D eigenvalue weighted by Crippen LogP contribution is 2.61. The molecule has 0 radical (unpaired) electrons. The van der Waals surface area contributed by atoms with E-state index in [1.165, 1.54) is 14.2 Å². The van der Waals surface area contributed by atoms with Crippen molar-refractivity contribution in [2.75, 3.05) is 14.2 Å². The van der Waals surface area contributed by atoms with Crippen LogP contribution in [0.3, 0.4) is 0 Å². The summed E-state index contributed by atoms with van der Waals surface area (Å²) in [5.74, 6) is 0.942. The molecule has 0 aromatic heterocycles. The highest BCUT2D eigenvalue weighted by atomic mass is 16.5. The normalized spacial score (nSPS) is 33.6. The molecule has 1 amide bonds. The molecule has 1 aromatic carbocycles. The quantitative estimate of drug-likeness (QED) is 0.775. The van der Waals surface area contributed by atoms with Gasteiger partial charge in [-0.3, -0.25) is 4.79 Å². The van der Waals surface area contributed by atoms with Crippen LogP contribution in [0, 0.1) is 17.3 Å². The fourth-order valence-electron chi connectivity index (χ4n) is 5.98. The van der Waals surface area contributed by atoms with Gasteiger partial charge in [-0.2, -0.15) is 0 Å². The minimum absolute atomic E-state index is 0.0328. The summed E-state index contributed by atoms with van der Waals surface area (Å²) in [6.45, 7) is 0.336. The maximum Gasteiger partial charge on any atom is 0.341 e. The predicted molar refractivity (Wildman–Crippen MR) is 98.2 cm³/mol. The molecule has 4 aliphatic rings. The molecular weight excluding hydrogens is 346 g/mol. The van der Waals surface area contributed by atoms with Gasteiger partial charge in [0.15, 0.2) is 0 Å². The molecule has 0 spiro atoms. The lowest BCUT2D eigenvalue weighted by Crippen LogP contribution is -2.60. The van der Waals surface area contributed by atoms with Gasteiger partial charge in [-0.05, 0) is 68.1 Å². The topological polar surface area (TPSA) is 84.9 Å². The number of hydrogen-bond acceptors (Lipinski definition) is 5. The minimum Gasteiger partial charge on any atom is -0.496 e. The van der Waals surface area contributed by atoms with Gasteiger partial charge in [0, 0.05) is 6.54 Å². The summed E-state index contributed by atoms with van der Waals surface area (Å²) in [4.78, 5) is 25.0. The van der Waals surface area contributed by atoms with E-state index in [1.54, 1.807) is 12.1 Å². The Balaban J connectivity index is 1.48. The van der Waals surface area contributed by atoms with Gasteiger partial charge in [-0.1, -0.05) is 6.07 Å². The van der Waals surface area contributed by atoms with Gasteiger partial charge in [0.25, 0.3) is 0 Å². The number of benzene rings is 1. The number of carbonyl (C=O) groups is 2. The first-order valence-corrected chi connectivity index (χ1v) is 9.62. The van der Waals surface area contributed by atoms with Crippen molar-refractivity contribution in [1.82, 2.24) is 5.32 Å². The summed E-state index contributed by atoms with van der Waals surface area (Å²) < 4.78 is 10.0. The van der Waals surface area contributed by atoms with Crippen molar-refractivity contribution in [3.63, 3.8) is 0 Å². The van der Waals surface area contributed by atoms with Crippen molar-refractivity contribution < 1.29 is 24.2 Å². The molecule has 27 heavy (non-hydrogen) atoms. The Kier molecular flexibility index (Phi) is 4.41. The second-order valence-corrected chi connectivity index (χ2v) is 8.67. The molecule has 6 nitrogen and oxygen atoms in total. The number of ether oxygens (including phenoxy) is 2. The van der Waals surface area contributed by atoms with E-state index in [0.29, 0.717) is 36.1 Å². The smallest absolute Gasteiger partial charge is 0.341 e. The summed E-state index contributed by atoms with van der Waals surface area (Å²) in [5, 5.41) is 13.9. The van der Waals surface area contributed by atoms with Crippen LogP contribution >= 0.6 is 0 Å². The van der Waals surface area contributed by atoms with E-state index >= 15 is 0 Å². The first kappa shape index (κ1) is 18.3. The Hall–Kier alpha value is -2.08. The van der Waals surface area contributed by atoms with Gasteiger partial charge in [0.1, 0.15) is 11.3 Å². The minimum atomic E-state index is -0.653. The van der Waals surface area contributed by atoms with Gasteiger partial charge in [-0.15, -0.1) is 0 Å². The molecule has 0 saturated heterocycles. The van der Waals surface area contributed by atoms with E-state index in [9.17, 15) is 14.7 Å². The fraction of sp³-hybridized carbons (Fsp3) is 0.619. The molecule has 0 heterocycles.